The van der Waals surface area contributed by atoms with Crippen LogP contribution in [-0.2, 0) is 22.8 Å². The largest absolute Gasteiger partial charge is 0.441 e. The molecule has 0 unspecified atom stereocenters. The molecule has 7 heteroatoms. The van der Waals surface area contributed by atoms with Crippen LogP contribution in [0.15, 0.2) is 58.1 Å². The Bertz CT molecular complexity index is 1130. The molecular weight excluding hydrogens is 338 g/mol. The van der Waals surface area contributed by atoms with Gasteiger partial charge in [-0.25, -0.2) is 18.4 Å². The van der Waals surface area contributed by atoms with E-state index in [9.17, 15) is 8.42 Å². The topological polar surface area (TPSA) is 78.0 Å². The van der Waals surface area contributed by atoms with Gasteiger partial charge in [-0.05, 0) is 30.7 Å². The third kappa shape index (κ3) is 3.02. The van der Waals surface area contributed by atoms with Crippen molar-refractivity contribution in [3.05, 3.63) is 54.4 Å². The summed E-state index contributed by atoms with van der Waals surface area (Å²) in [5, 5.41) is 0.103. The van der Waals surface area contributed by atoms with Crippen molar-refractivity contribution in [1.29, 1.82) is 0 Å². The molecule has 0 saturated carbocycles. The number of hydrogen-bond donors (Lipinski definition) is 0. The summed E-state index contributed by atoms with van der Waals surface area (Å²) in [6.45, 7) is 0.529. The Balaban J connectivity index is 1.60. The number of hydrogen-bond acceptors (Lipinski definition) is 5. The Morgan fingerprint density at radius 2 is 1.72 bits per heavy atom. The molecule has 0 N–H and O–H groups in total. The summed E-state index contributed by atoms with van der Waals surface area (Å²) in [7, 11) is -3.40. The van der Waals surface area contributed by atoms with Gasteiger partial charge < -0.3 is 8.98 Å². The molecule has 4 aromatic rings. The molecule has 0 amide bonds. The second-order valence-corrected chi connectivity index (χ2v) is 7.90. The first-order valence-corrected chi connectivity index (χ1v) is 9.91. The maximum absolute atomic E-state index is 12.1. The monoisotopic (exact) mass is 355 g/mol. The highest BCUT2D eigenvalue weighted by Gasteiger charge is 2.19. The lowest BCUT2D eigenvalue weighted by Crippen LogP contribution is -2.10. The van der Waals surface area contributed by atoms with Gasteiger partial charge in [-0.3, -0.25) is 0 Å². The molecule has 2 aromatic heterocycles. The van der Waals surface area contributed by atoms with Gasteiger partial charge in [0.05, 0.1) is 11.0 Å². The molecule has 2 aromatic carbocycles. The second-order valence-electron chi connectivity index (χ2n) is 5.99. The fourth-order valence-corrected chi connectivity index (χ4v) is 3.82. The zero-order valence-electron chi connectivity index (χ0n) is 13.7. The molecular formula is C18H17N3O3S. The van der Waals surface area contributed by atoms with E-state index in [4.69, 9.17) is 4.42 Å². The Hall–Kier alpha value is -2.67. The van der Waals surface area contributed by atoms with Crippen molar-refractivity contribution in [2.45, 2.75) is 24.5 Å². The van der Waals surface area contributed by atoms with Crippen molar-refractivity contribution < 1.29 is 12.8 Å². The van der Waals surface area contributed by atoms with Crippen LogP contribution in [0.4, 0.5) is 0 Å². The molecule has 0 radical (unpaired) electrons. The first kappa shape index (κ1) is 15.8. The highest BCUT2D eigenvalue weighted by molar-refractivity contribution is 7.90. The van der Waals surface area contributed by atoms with Crippen LogP contribution < -0.4 is 0 Å². The quantitative estimate of drug-likeness (QED) is 0.549. The number of imidazole rings is 1. The van der Waals surface area contributed by atoms with Crippen molar-refractivity contribution >= 4 is 32.0 Å². The first-order valence-electron chi connectivity index (χ1n) is 8.02. The predicted octanol–water partition coefficient (Wildman–Crippen LogP) is 3.21. The molecule has 0 atom stereocenters. The molecule has 0 saturated heterocycles. The minimum absolute atomic E-state index is 0.103. The highest BCUT2D eigenvalue weighted by Crippen LogP contribution is 2.21. The average molecular weight is 355 g/mol. The molecule has 6 nitrogen and oxygen atoms in total. The third-order valence-electron chi connectivity index (χ3n) is 4.06. The van der Waals surface area contributed by atoms with E-state index < -0.39 is 9.84 Å². The summed E-state index contributed by atoms with van der Waals surface area (Å²) < 4.78 is 31.6. The number of oxazole rings is 1. The second kappa shape index (κ2) is 6.00. The summed E-state index contributed by atoms with van der Waals surface area (Å²) >= 11 is 0. The lowest BCUT2D eigenvalue weighted by molar-refractivity contribution is 0.496. The zero-order chi connectivity index (χ0) is 17.4. The maximum atomic E-state index is 12.1. The molecule has 2 heterocycles. The molecule has 0 aliphatic carbocycles. The SMILES string of the molecule is CS(=O)(=O)c1nc2ccccc2n1CCCc1nc2ccccc2o1. The molecule has 4 rings (SSSR count). The van der Waals surface area contributed by atoms with Gasteiger partial charge in [0.15, 0.2) is 11.5 Å². The van der Waals surface area contributed by atoms with Gasteiger partial charge in [-0.15, -0.1) is 0 Å². The van der Waals surface area contributed by atoms with Crippen LogP contribution in [0.25, 0.3) is 22.1 Å². The summed E-state index contributed by atoms with van der Waals surface area (Å²) in [5.41, 5.74) is 3.11. The number of benzene rings is 2. The van der Waals surface area contributed by atoms with E-state index in [0.29, 0.717) is 30.8 Å². The van der Waals surface area contributed by atoms with E-state index in [1.807, 2.05) is 48.5 Å². The highest BCUT2D eigenvalue weighted by atomic mass is 32.2. The van der Waals surface area contributed by atoms with Crippen LogP contribution in [-0.4, -0.2) is 29.2 Å². The van der Waals surface area contributed by atoms with Crippen molar-refractivity contribution in [2.75, 3.05) is 6.26 Å². The standard InChI is InChI=1S/C18H17N3O3S/c1-25(22,23)18-20-13-7-2-4-9-15(13)21(18)12-6-11-17-19-14-8-3-5-10-16(14)24-17/h2-5,7-10H,6,11-12H2,1H3. The average Bonchev–Trinajstić information content (AvgIpc) is 3.16. The van der Waals surface area contributed by atoms with Gasteiger partial charge in [0.2, 0.25) is 15.0 Å². The normalized spacial score (nSPS) is 12.2. The van der Waals surface area contributed by atoms with Crippen LogP contribution >= 0.6 is 0 Å². The minimum Gasteiger partial charge on any atom is -0.441 e. The molecule has 0 fully saturated rings. The van der Waals surface area contributed by atoms with Gasteiger partial charge >= 0.3 is 0 Å². The molecule has 0 bridgehead atoms. The lowest BCUT2D eigenvalue weighted by atomic mass is 10.3. The van der Waals surface area contributed by atoms with Crippen LogP contribution in [0.2, 0.25) is 0 Å². The summed E-state index contributed by atoms with van der Waals surface area (Å²) in [6.07, 6.45) is 2.52. The molecule has 25 heavy (non-hydrogen) atoms. The third-order valence-corrected chi connectivity index (χ3v) is 5.04. The van der Waals surface area contributed by atoms with Gasteiger partial charge in [0.25, 0.3) is 0 Å². The minimum atomic E-state index is -3.40. The van der Waals surface area contributed by atoms with E-state index >= 15 is 0 Å². The lowest BCUT2D eigenvalue weighted by Gasteiger charge is -2.07. The first-order chi connectivity index (χ1) is 12.0. The fourth-order valence-electron chi connectivity index (χ4n) is 2.97. The Morgan fingerprint density at radius 1 is 1.00 bits per heavy atom. The van der Waals surface area contributed by atoms with Crippen LogP contribution in [0.3, 0.4) is 0 Å². The number of aromatic nitrogens is 3. The van der Waals surface area contributed by atoms with Crippen LogP contribution in [0.1, 0.15) is 12.3 Å². The van der Waals surface area contributed by atoms with Crippen LogP contribution in [0.5, 0.6) is 0 Å². The van der Waals surface area contributed by atoms with Crippen molar-refractivity contribution in [3.63, 3.8) is 0 Å². The van der Waals surface area contributed by atoms with E-state index in [1.54, 1.807) is 4.57 Å². The molecule has 0 aliphatic rings. The summed E-state index contributed by atoms with van der Waals surface area (Å²) in [4.78, 5) is 8.74. The van der Waals surface area contributed by atoms with E-state index in [0.717, 1.165) is 16.6 Å². The van der Waals surface area contributed by atoms with E-state index in [-0.39, 0.29) is 5.16 Å². The number of fused-ring (bicyclic) bond motifs is 2. The smallest absolute Gasteiger partial charge is 0.228 e. The molecule has 0 aliphatic heterocycles. The number of para-hydroxylation sites is 4. The Kier molecular flexibility index (Phi) is 3.80. The van der Waals surface area contributed by atoms with Crippen LogP contribution in [0, 0.1) is 0 Å². The van der Waals surface area contributed by atoms with Crippen molar-refractivity contribution in [1.82, 2.24) is 14.5 Å². The van der Waals surface area contributed by atoms with E-state index in [1.165, 1.54) is 6.26 Å². The molecule has 128 valence electrons. The van der Waals surface area contributed by atoms with Gasteiger partial charge in [0, 0.05) is 19.2 Å². The van der Waals surface area contributed by atoms with Gasteiger partial charge in [-0.2, -0.15) is 0 Å². The Morgan fingerprint density at radius 3 is 2.48 bits per heavy atom. The number of aryl methyl sites for hydroxylation is 2. The number of rotatable bonds is 5. The number of sulfone groups is 1. The predicted molar refractivity (Wildman–Crippen MR) is 95.2 cm³/mol. The van der Waals surface area contributed by atoms with Crippen molar-refractivity contribution in [3.8, 4) is 0 Å². The molecule has 0 spiro atoms. The summed E-state index contributed by atoms with van der Waals surface area (Å²) in [5.74, 6) is 0.659. The fraction of sp³-hybridized carbons (Fsp3) is 0.222. The Labute approximate surface area is 145 Å². The zero-order valence-corrected chi connectivity index (χ0v) is 14.5. The maximum Gasteiger partial charge on any atom is 0.228 e. The number of nitrogens with zero attached hydrogens (tertiary/aromatic N) is 3. The van der Waals surface area contributed by atoms with E-state index in [2.05, 4.69) is 9.97 Å². The van der Waals surface area contributed by atoms with Crippen molar-refractivity contribution in [2.24, 2.45) is 0 Å². The summed E-state index contributed by atoms with van der Waals surface area (Å²) in [6, 6.07) is 15.1. The van der Waals surface area contributed by atoms with Gasteiger partial charge in [-0.1, -0.05) is 24.3 Å². The van der Waals surface area contributed by atoms with Gasteiger partial charge in [0.1, 0.15) is 5.52 Å².